The van der Waals surface area contributed by atoms with Crippen LogP contribution in [0.3, 0.4) is 0 Å². The highest BCUT2D eigenvalue weighted by atomic mass is 32.2. The highest BCUT2D eigenvalue weighted by Crippen LogP contribution is 2.25. The third-order valence-corrected chi connectivity index (χ3v) is 5.73. The van der Waals surface area contributed by atoms with Crippen molar-refractivity contribution in [2.75, 3.05) is 6.54 Å². The number of aromatic nitrogens is 1. The molecule has 7 nitrogen and oxygen atoms in total. The molecule has 0 saturated carbocycles. The zero-order valence-corrected chi connectivity index (χ0v) is 14.3. The first-order valence-electron chi connectivity index (χ1n) is 7.48. The Morgan fingerprint density at radius 2 is 2.04 bits per heavy atom. The van der Waals surface area contributed by atoms with Gasteiger partial charge in [-0.3, -0.25) is 15.1 Å². The first-order valence-corrected chi connectivity index (χ1v) is 9.09. The van der Waals surface area contributed by atoms with E-state index in [2.05, 4.69) is 4.98 Å². The van der Waals surface area contributed by atoms with E-state index in [0.717, 1.165) is 5.56 Å². The van der Waals surface area contributed by atoms with Crippen molar-refractivity contribution in [2.45, 2.75) is 25.6 Å². The van der Waals surface area contributed by atoms with Gasteiger partial charge in [-0.1, -0.05) is 25.1 Å². The predicted molar refractivity (Wildman–Crippen MR) is 90.8 cm³/mol. The van der Waals surface area contributed by atoms with E-state index in [9.17, 15) is 18.5 Å². The van der Waals surface area contributed by atoms with Crippen LogP contribution in [0.5, 0.6) is 0 Å². The van der Waals surface area contributed by atoms with Crippen LogP contribution < -0.4 is 0 Å². The zero-order valence-electron chi connectivity index (χ0n) is 13.5. The quantitative estimate of drug-likeness (QED) is 0.566. The van der Waals surface area contributed by atoms with Gasteiger partial charge in [0.2, 0.25) is 10.0 Å². The van der Waals surface area contributed by atoms with Crippen LogP contribution in [-0.2, 0) is 15.8 Å². The first-order chi connectivity index (χ1) is 11.3. The second-order valence-corrected chi connectivity index (χ2v) is 7.27. The van der Waals surface area contributed by atoms with Crippen LogP contribution in [0.2, 0.25) is 0 Å². The Balaban J connectivity index is 2.27. The van der Waals surface area contributed by atoms with E-state index in [-0.39, 0.29) is 17.5 Å². The Morgan fingerprint density at radius 1 is 1.29 bits per heavy atom. The Labute approximate surface area is 141 Å². The maximum absolute atomic E-state index is 12.8. The number of hydrogen-bond acceptors (Lipinski definition) is 5. The molecule has 0 aliphatic rings. The minimum Gasteiger partial charge on any atom is -0.264 e. The van der Waals surface area contributed by atoms with Crippen LogP contribution in [-0.4, -0.2) is 29.2 Å². The molecule has 0 amide bonds. The molecule has 8 heteroatoms. The lowest BCUT2D eigenvalue weighted by molar-refractivity contribution is -0.384. The number of rotatable bonds is 7. The summed E-state index contributed by atoms with van der Waals surface area (Å²) in [4.78, 5) is 14.3. The smallest absolute Gasteiger partial charge is 0.264 e. The molecular weight excluding hydrogens is 330 g/mol. The molecule has 0 aliphatic carbocycles. The summed E-state index contributed by atoms with van der Waals surface area (Å²) < 4.78 is 26.9. The highest BCUT2D eigenvalue weighted by molar-refractivity contribution is 7.88. The van der Waals surface area contributed by atoms with E-state index in [0.29, 0.717) is 12.1 Å². The summed E-state index contributed by atoms with van der Waals surface area (Å²) in [7, 11) is -3.63. The highest BCUT2D eigenvalue weighted by Gasteiger charge is 2.27. The van der Waals surface area contributed by atoms with Crippen molar-refractivity contribution in [3.8, 4) is 0 Å². The average molecular weight is 349 g/mol. The molecule has 128 valence electrons. The fourth-order valence-corrected chi connectivity index (χ4v) is 4.32. The van der Waals surface area contributed by atoms with Crippen molar-refractivity contribution < 1.29 is 13.3 Å². The Bertz CT molecular complexity index is 809. The molecule has 0 bridgehead atoms. The number of hydrogen-bond donors (Lipinski definition) is 0. The first kappa shape index (κ1) is 18.0. The van der Waals surface area contributed by atoms with Crippen LogP contribution in [0.25, 0.3) is 0 Å². The Hall–Kier alpha value is -2.32. The third kappa shape index (κ3) is 4.15. The van der Waals surface area contributed by atoms with E-state index < -0.39 is 14.9 Å². The number of pyridine rings is 1. The van der Waals surface area contributed by atoms with E-state index in [4.69, 9.17) is 0 Å². The molecule has 0 unspecified atom stereocenters. The average Bonchev–Trinajstić information content (AvgIpc) is 2.55. The van der Waals surface area contributed by atoms with Gasteiger partial charge in [0.05, 0.1) is 10.7 Å². The molecule has 0 N–H and O–H groups in total. The molecule has 0 aliphatic heterocycles. The molecule has 1 aromatic carbocycles. The van der Waals surface area contributed by atoms with E-state index in [1.165, 1.54) is 22.5 Å². The topological polar surface area (TPSA) is 93.4 Å². The SMILES string of the molecule is CCN([C@H](C)c1cccnc1)S(=O)(=O)Cc1cccc([N+](=O)[O-])c1. The van der Waals surface area contributed by atoms with Crippen LogP contribution in [0.1, 0.15) is 31.0 Å². The van der Waals surface area contributed by atoms with Crippen LogP contribution >= 0.6 is 0 Å². The lowest BCUT2D eigenvalue weighted by Gasteiger charge is -2.27. The standard InChI is InChI=1S/C16H19N3O4S/c1-3-18(13(2)15-7-5-9-17-11-15)24(22,23)12-14-6-4-8-16(10-14)19(20)21/h4-11,13H,3,12H2,1-2H3/t13-/m1/s1. The van der Waals surface area contributed by atoms with Crippen LogP contribution in [0.15, 0.2) is 48.8 Å². The van der Waals surface area contributed by atoms with Crippen molar-refractivity contribution in [3.63, 3.8) is 0 Å². The van der Waals surface area contributed by atoms with Gasteiger partial charge in [0.15, 0.2) is 0 Å². The minimum atomic E-state index is -3.63. The summed E-state index contributed by atoms with van der Waals surface area (Å²) >= 11 is 0. The summed E-state index contributed by atoms with van der Waals surface area (Å²) in [5.41, 5.74) is 1.06. The van der Waals surface area contributed by atoms with Crippen molar-refractivity contribution >= 4 is 15.7 Å². The largest absolute Gasteiger partial charge is 0.269 e. The predicted octanol–water partition coefficient (Wildman–Crippen LogP) is 2.90. The van der Waals surface area contributed by atoms with Gasteiger partial charge < -0.3 is 0 Å². The number of benzene rings is 1. The lowest BCUT2D eigenvalue weighted by Crippen LogP contribution is -2.34. The molecule has 0 saturated heterocycles. The van der Waals surface area contributed by atoms with Gasteiger partial charge in [-0.05, 0) is 24.1 Å². The second-order valence-electron chi connectivity index (χ2n) is 5.35. The molecule has 0 spiro atoms. The molecule has 24 heavy (non-hydrogen) atoms. The summed E-state index contributed by atoms with van der Waals surface area (Å²) in [6.45, 7) is 3.86. The molecule has 2 rings (SSSR count). The van der Waals surface area contributed by atoms with Crippen LogP contribution in [0.4, 0.5) is 5.69 Å². The summed E-state index contributed by atoms with van der Waals surface area (Å²) in [5.74, 6) is -0.285. The van der Waals surface area contributed by atoms with Gasteiger partial charge in [0.25, 0.3) is 5.69 Å². The number of nitro benzene ring substituents is 1. The number of non-ortho nitro benzene ring substituents is 1. The molecule has 1 heterocycles. The van der Waals surface area contributed by atoms with Gasteiger partial charge in [0.1, 0.15) is 0 Å². The number of nitrogens with zero attached hydrogens (tertiary/aromatic N) is 3. The normalized spacial score (nSPS) is 13.0. The van der Waals surface area contributed by atoms with E-state index >= 15 is 0 Å². The Kier molecular flexibility index (Phi) is 5.63. The maximum atomic E-state index is 12.8. The summed E-state index contributed by atoms with van der Waals surface area (Å²) in [6.07, 6.45) is 3.26. The molecule has 1 atom stereocenters. The maximum Gasteiger partial charge on any atom is 0.269 e. The number of sulfonamides is 1. The van der Waals surface area contributed by atoms with Gasteiger partial charge >= 0.3 is 0 Å². The molecule has 0 radical (unpaired) electrons. The minimum absolute atomic E-state index is 0.119. The fraction of sp³-hybridized carbons (Fsp3) is 0.312. The van der Waals surface area contributed by atoms with Crippen molar-refractivity contribution in [1.82, 2.24) is 9.29 Å². The molecular formula is C16H19N3O4S. The van der Waals surface area contributed by atoms with Crippen LogP contribution in [0, 0.1) is 10.1 Å². The van der Waals surface area contributed by atoms with E-state index in [1.54, 1.807) is 38.4 Å². The third-order valence-electron chi connectivity index (χ3n) is 3.74. The lowest BCUT2D eigenvalue weighted by atomic mass is 10.1. The van der Waals surface area contributed by atoms with Gasteiger partial charge in [-0.2, -0.15) is 4.31 Å². The van der Waals surface area contributed by atoms with Crippen molar-refractivity contribution in [2.24, 2.45) is 0 Å². The fourth-order valence-electron chi connectivity index (χ4n) is 2.55. The molecule has 2 aromatic rings. The van der Waals surface area contributed by atoms with Gasteiger partial charge in [-0.15, -0.1) is 0 Å². The van der Waals surface area contributed by atoms with Gasteiger partial charge in [0, 0.05) is 37.1 Å². The molecule has 0 fully saturated rings. The Morgan fingerprint density at radius 3 is 2.62 bits per heavy atom. The zero-order chi connectivity index (χ0) is 17.7. The second kappa shape index (κ2) is 7.50. The molecule has 1 aromatic heterocycles. The monoisotopic (exact) mass is 349 g/mol. The van der Waals surface area contributed by atoms with Crippen molar-refractivity contribution in [1.29, 1.82) is 0 Å². The van der Waals surface area contributed by atoms with Gasteiger partial charge in [-0.25, -0.2) is 8.42 Å². The number of nitro groups is 1. The summed E-state index contributed by atoms with van der Waals surface area (Å²) in [5, 5.41) is 10.8. The summed E-state index contributed by atoms with van der Waals surface area (Å²) in [6, 6.07) is 8.91. The van der Waals surface area contributed by atoms with Crippen molar-refractivity contribution in [3.05, 3.63) is 70.0 Å². The van der Waals surface area contributed by atoms with E-state index in [1.807, 2.05) is 6.07 Å².